The Balaban J connectivity index is 1.87. The van der Waals surface area contributed by atoms with Crippen LogP contribution in [0.4, 0.5) is 0 Å². The Bertz CT molecular complexity index is 917. The van der Waals surface area contributed by atoms with E-state index in [1.807, 2.05) is 6.07 Å². The van der Waals surface area contributed by atoms with Crippen molar-refractivity contribution < 1.29 is 14.7 Å². The van der Waals surface area contributed by atoms with Crippen LogP contribution < -0.4 is 11.1 Å². The number of hydrogen-bond donors (Lipinski definition) is 3. The summed E-state index contributed by atoms with van der Waals surface area (Å²) < 4.78 is 1.69. The van der Waals surface area contributed by atoms with Gasteiger partial charge in [-0.2, -0.15) is 5.10 Å². The van der Waals surface area contributed by atoms with Crippen molar-refractivity contribution >= 4 is 22.7 Å². The summed E-state index contributed by atoms with van der Waals surface area (Å²) in [5.41, 5.74) is 7.05. The van der Waals surface area contributed by atoms with Gasteiger partial charge in [0.2, 0.25) is 5.91 Å². The van der Waals surface area contributed by atoms with Crippen molar-refractivity contribution in [3.8, 4) is 11.4 Å². The number of aromatic hydroxyl groups is 1. The van der Waals surface area contributed by atoms with Crippen LogP contribution in [0.2, 0.25) is 0 Å². The van der Waals surface area contributed by atoms with Gasteiger partial charge in [0.05, 0.1) is 17.4 Å². The molecule has 0 atom stereocenters. The quantitative estimate of drug-likeness (QED) is 0.657. The Hall–Kier alpha value is -3.35. The molecule has 3 aromatic rings. The van der Waals surface area contributed by atoms with Gasteiger partial charge in [0.25, 0.3) is 5.91 Å². The highest BCUT2D eigenvalue weighted by molar-refractivity contribution is 5.95. The van der Waals surface area contributed by atoms with Crippen molar-refractivity contribution in [1.29, 1.82) is 0 Å². The smallest absolute Gasteiger partial charge is 0.251 e. The molecule has 0 aliphatic rings. The Morgan fingerprint density at radius 3 is 2.83 bits per heavy atom. The number of aromatic nitrogens is 2. The van der Waals surface area contributed by atoms with Crippen molar-refractivity contribution in [3.63, 3.8) is 0 Å². The minimum Gasteiger partial charge on any atom is -0.508 e. The van der Waals surface area contributed by atoms with E-state index >= 15 is 0 Å². The molecule has 0 aliphatic carbocycles. The zero-order valence-electron chi connectivity index (χ0n) is 12.8. The summed E-state index contributed by atoms with van der Waals surface area (Å²) in [4.78, 5) is 22.8. The van der Waals surface area contributed by atoms with E-state index in [1.165, 1.54) is 0 Å². The summed E-state index contributed by atoms with van der Waals surface area (Å²) in [5, 5.41) is 17.3. The molecule has 2 aromatic carbocycles. The molecular weight excluding hydrogens is 308 g/mol. The molecule has 0 aliphatic heterocycles. The highest BCUT2D eigenvalue weighted by atomic mass is 16.3. The SMILES string of the molecule is NC(=O)CCNC(=O)c1cccc(-n2ncc3cc(O)ccc32)c1. The van der Waals surface area contributed by atoms with Crippen LogP contribution in [0.25, 0.3) is 16.6 Å². The molecule has 0 fully saturated rings. The van der Waals surface area contributed by atoms with Crippen molar-refractivity contribution in [2.45, 2.75) is 6.42 Å². The maximum atomic E-state index is 12.1. The van der Waals surface area contributed by atoms with Gasteiger partial charge in [0, 0.05) is 23.9 Å². The monoisotopic (exact) mass is 324 g/mol. The van der Waals surface area contributed by atoms with Crippen molar-refractivity contribution in [2.24, 2.45) is 5.73 Å². The third kappa shape index (κ3) is 3.19. The lowest BCUT2D eigenvalue weighted by molar-refractivity contribution is -0.117. The highest BCUT2D eigenvalue weighted by Crippen LogP contribution is 2.22. The van der Waals surface area contributed by atoms with Crippen molar-refractivity contribution in [2.75, 3.05) is 6.54 Å². The average Bonchev–Trinajstić information content (AvgIpc) is 2.97. The van der Waals surface area contributed by atoms with E-state index in [2.05, 4.69) is 10.4 Å². The lowest BCUT2D eigenvalue weighted by Crippen LogP contribution is -2.27. The highest BCUT2D eigenvalue weighted by Gasteiger charge is 2.10. The Morgan fingerprint density at radius 2 is 2.04 bits per heavy atom. The molecule has 3 rings (SSSR count). The van der Waals surface area contributed by atoms with E-state index in [-0.39, 0.29) is 24.6 Å². The number of phenols is 1. The molecule has 122 valence electrons. The fraction of sp³-hybridized carbons (Fsp3) is 0.118. The zero-order chi connectivity index (χ0) is 17.1. The molecule has 1 aromatic heterocycles. The fourth-order valence-electron chi connectivity index (χ4n) is 2.41. The number of primary amides is 1. The normalized spacial score (nSPS) is 10.7. The Labute approximate surface area is 137 Å². The number of phenolic OH excluding ortho intramolecular Hbond substituents is 1. The number of nitrogens with one attached hydrogen (secondary N) is 1. The summed E-state index contributed by atoms with van der Waals surface area (Å²) in [7, 11) is 0. The summed E-state index contributed by atoms with van der Waals surface area (Å²) in [6.45, 7) is 0.197. The van der Waals surface area contributed by atoms with E-state index in [4.69, 9.17) is 5.73 Å². The summed E-state index contributed by atoms with van der Waals surface area (Å²) in [5.74, 6) is -0.577. The number of amides is 2. The van der Waals surface area contributed by atoms with Crippen LogP contribution in [0.15, 0.2) is 48.7 Å². The molecule has 0 saturated heterocycles. The van der Waals surface area contributed by atoms with Gasteiger partial charge in [-0.1, -0.05) is 6.07 Å². The molecule has 0 radical (unpaired) electrons. The van der Waals surface area contributed by atoms with Gasteiger partial charge in [-0.05, 0) is 36.4 Å². The van der Waals surface area contributed by atoms with Crippen LogP contribution in [-0.2, 0) is 4.79 Å². The van der Waals surface area contributed by atoms with Gasteiger partial charge in [-0.3, -0.25) is 9.59 Å². The zero-order valence-corrected chi connectivity index (χ0v) is 12.8. The van der Waals surface area contributed by atoms with Gasteiger partial charge in [-0.15, -0.1) is 0 Å². The van der Waals surface area contributed by atoms with Crippen molar-refractivity contribution in [1.82, 2.24) is 15.1 Å². The number of carbonyl (C=O) groups is 2. The number of hydrogen-bond acceptors (Lipinski definition) is 4. The van der Waals surface area contributed by atoms with Gasteiger partial charge >= 0.3 is 0 Å². The van der Waals surface area contributed by atoms with E-state index < -0.39 is 5.91 Å². The van der Waals surface area contributed by atoms with Crippen LogP contribution >= 0.6 is 0 Å². The maximum Gasteiger partial charge on any atom is 0.251 e. The third-order valence-corrected chi connectivity index (χ3v) is 3.56. The molecule has 1 heterocycles. The van der Waals surface area contributed by atoms with E-state index in [0.29, 0.717) is 5.56 Å². The number of rotatable bonds is 5. The van der Waals surface area contributed by atoms with Gasteiger partial charge < -0.3 is 16.2 Å². The van der Waals surface area contributed by atoms with E-state index in [0.717, 1.165) is 16.6 Å². The van der Waals surface area contributed by atoms with Crippen molar-refractivity contribution in [3.05, 3.63) is 54.2 Å². The van der Waals surface area contributed by atoms with Crippen LogP contribution in [0.3, 0.4) is 0 Å². The molecule has 0 bridgehead atoms. The second kappa shape index (κ2) is 6.41. The second-order valence-electron chi connectivity index (χ2n) is 5.32. The largest absolute Gasteiger partial charge is 0.508 e. The molecule has 0 unspecified atom stereocenters. The predicted molar refractivity (Wildman–Crippen MR) is 88.9 cm³/mol. The van der Waals surface area contributed by atoms with Crippen LogP contribution in [0.1, 0.15) is 16.8 Å². The predicted octanol–water partition coefficient (Wildman–Crippen LogP) is 1.34. The fourth-order valence-corrected chi connectivity index (χ4v) is 2.41. The molecular formula is C17H16N4O3. The number of fused-ring (bicyclic) bond motifs is 1. The lowest BCUT2D eigenvalue weighted by atomic mass is 10.2. The first-order valence-electron chi connectivity index (χ1n) is 7.38. The molecule has 7 heteroatoms. The van der Waals surface area contributed by atoms with Crippen LogP contribution in [-0.4, -0.2) is 33.2 Å². The first-order valence-corrected chi connectivity index (χ1v) is 7.38. The first kappa shape index (κ1) is 15.5. The van der Waals surface area contributed by atoms with E-state index in [9.17, 15) is 14.7 Å². The molecule has 2 amide bonds. The van der Waals surface area contributed by atoms with Gasteiger partial charge in [-0.25, -0.2) is 4.68 Å². The summed E-state index contributed by atoms with van der Waals surface area (Å²) >= 11 is 0. The van der Waals surface area contributed by atoms with Gasteiger partial charge in [0.15, 0.2) is 0 Å². The Morgan fingerprint density at radius 1 is 1.21 bits per heavy atom. The minimum absolute atomic E-state index is 0.0959. The Kier molecular flexibility index (Phi) is 4.15. The molecule has 0 saturated carbocycles. The summed E-state index contributed by atoms with van der Waals surface area (Å²) in [6.07, 6.45) is 1.74. The number of carbonyl (C=O) groups excluding carboxylic acids is 2. The second-order valence-corrected chi connectivity index (χ2v) is 5.32. The van der Waals surface area contributed by atoms with Crippen LogP contribution in [0, 0.1) is 0 Å². The lowest BCUT2D eigenvalue weighted by Gasteiger charge is -2.07. The minimum atomic E-state index is -0.463. The number of nitrogens with two attached hydrogens (primary N) is 1. The average molecular weight is 324 g/mol. The topological polar surface area (TPSA) is 110 Å². The van der Waals surface area contributed by atoms with Crippen LogP contribution in [0.5, 0.6) is 5.75 Å². The van der Waals surface area contributed by atoms with Gasteiger partial charge in [0.1, 0.15) is 5.75 Å². The molecule has 7 nitrogen and oxygen atoms in total. The maximum absolute atomic E-state index is 12.1. The number of nitrogens with zero attached hydrogens (tertiary/aromatic N) is 2. The summed E-state index contributed by atoms with van der Waals surface area (Å²) in [6, 6.07) is 11.9. The van der Waals surface area contributed by atoms with E-state index in [1.54, 1.807) is 47.3 Å². The molecule has 4 N–H and O–H groups in total. The first-order chi connectivity index (χ1) is 11.5. The third-order valence-electron chi connectivity index (χ3n) is 3.56. The molecule has 24 heavy (non-hydrogen) atoms. The molecule has 0 spiro atoms. The standard InChI is InChI=1S/C17H16N4O3/c18-16(23)6-7-19-17(24)11-2-1-3-13(8-11)21-15-5-4-14(22)9-12(15)10-20-21/h1-5,8-10,22H,6-7H2,(H2,18,23)(H,19,24). The number of benzene rings is 2.